The summed E-state index contributed by atoms with van der Waals surface area (Å²) in [5.41, 5.74) is 2.09. The lowest BCUT2D eigenvalue weighted by molar-refractivity contribution is -0.137. The number of hydrogen-bond donors (Lipinski definition) is 2. The Bertz CT molecular complexity index is 842. The number of rotatable bonds is 10. The largest absolute Gasteiger partial charge is 0.493 e. The van der Waals surface area contributed by atoms with Gasteiger partial charge in [-0.3, -0.25) is 4.79 Å². The van der Waals surface area contributed by atoms with E-state index in [1.165, 1.54) is 31.4 Å². The number of aryl methyl sites for hydroxylation is 1. The van der Waals surface area contributed by atoms with Gasteiger partial charge < -0.3 is 15.2 Å². The predicted molar refractivity (Wildman–Crippen MR) is 108 cm³/mol. The highest BCUT2D eigenvalue weighted by Gasteiger charge is 2.18. The summed E-state index contributed by atoms with van der Waals surface area (Å²) in [5.74, 6) is -0.806. The second-order valence-electron chi connectivity index (χ2n) is 7.68. The van der Waals surface area contributed by atoms with Crippen molar-refractivity contribution in [2.45, 2.75) is 45.6 Å². The minimum absolute atomic E-state index is 0.0150. The zero-order valence-electron chi connectivity index (χ0n) is 16.6. The topological polar surface area (TPSA) is 58.6 Å². The molecule has 0 bridgehead atoms. The minimum atomic E-state index is -0.886. The Kier molecular flexibility index (Phi) is 7.20. The Hall–Kier alpha value is -2.47. The van der Waals surface area contributed by atoms with Crippen molar-refractivity contribution in [1.29, 1.82) is 0 Å². The second-order valence-corrected chi connectivity index (χ2v) is 7.68. The monoisotopic (exact) mass is 403 g/mol. The molecule has 156 valence electrons. The van der Waals surface area contributed by atoms with Gasteiger partial charge in [0.1, 0.15) is 17.4 Å². The molecule has 6 heteroatoms. The van der Waals surface area contributed by atoms with Crippen molar-refractivity contribution in [3.05, 3.63) is 53.1 Å². The Balaban J connectivity index is 1.69. The molecule has 1 aliphatic rings. The smallest absolute Gasteiger partial charge is 0.303 e. The molecular formula is C23H27F2NO3. The van der Waals surface area contributed by atoms with Crippen molar-refractivity contribution in [1.82, 2.24) is 5.32 Å². The van der Waals surface area contributed by atoms with Crippen molar-refractivity contribution in [3.63, 3.8) is 0 Å². The summed E-state index contributed by atoms with van der Waals surface area (Å²) in [7, 11) is 0. The Morgan fingerprint density at radius 3 is 2.55 bits per heavy atom. The quantitative estimate of drug-likeness (QED) is 0.544. The average molecular weight is 403 g/mol. The summed E-state index contributed by atoms with van der Waals surface area (Å²) in [6.07, 6.45) is 4.08. The van der Waals surface area contributed by atoms with Gasteiger partial charge in [-0.25, -0.2) is 8.78 Å². The van der Waals surface area contributed by atoms with E-state index in [1.807, 2.05) is 25.1 Å². The van der Waals surface area contributed by atoms with Crippen LogP contribution in [0.4, 0.5) is 8.78 Å². The molecule has 1 saturated carbocycles. The van der Waals surface area contributed by atoms with Crippen LogP contribution >= 0.6 is 0 Å². The van der Waals surface area contributed by atoms with Crippen molar-refractivity contribution in [3.8, 4) is 16.9 Å². The Labute approximate surface area is 169 Å². The van der Waals surface area contributed by atoms with Crippen LogP contribution < -0.4 is 10.1 Å². The average Bonchev–Trinajstić information content (AvgIpc) is 2.63. The highest BCUT2D eigenvalue weighted by Crippen LogP contribution is 2.32. The number of carboxylic acid groups (broad SMARTS) is 1. The number of aliphatic carboxylic acids is 1. The lowest BCUT2D eigenvalue weighted by Gasteiger charge is -2.25. The van der Waals surface area contributed by atoms with Crippen LogP contribution in [0, 0.1) is 24.5 Å². The van der Waals surface area contributed by atoms with Crippen LogP contribution in [0.25, 0.3) is 11.1 Å². The molecule has 0 amide bonds. The number of halogens is 2. The van der Waals surface area contributed by atoms with Crippen molar-refractivity contribution in [2.24, 2.45) is 5.92 Å². The third kappa shape index (κ3) is 5.76. The van der Waals surface area contributed by atoms with E-state index in [1.54, 1.807) is 0 Å². The van der Waals surface area contributed by atoms with Crippen molar-refractivity contribution >= 4 is 5.97 Å². The summed E-state index contributed by atoms with van der Waals surface area (Å²) in [5, 5.41) is 11.5. The van der Waals surface area contributed by atoms with Crippen molar-refractivity contribution in [2.75, 3.05) is 13.2 Å². The van der Waals surface area contributed by atoms with Gasteiger partial charge in [-0.05, 0) is 79.6 Å². The fraction of sp³-hybridized carbons (Fsp3) is 0.435. The zero-order valence-corrected chi connectivity index (χ0v) is 16.6. The van der Waals surface area contributed by atoms with Gasteiger partial charge in [0.05, 0.1) is 6.61 Å². The molecule has 0 aromatic heterocycles. The first-order chi connectivity index (χ1) is 13.9. The first-order valence-electron chi connectivity index (χ1n) is 10.1. The summed E-state index contributed by atoms with van der Waals surface area (Å²) in [6, 6.07) is 8.32. The molecular weight excluding hydrogens is 376 g/mol. The summed E-state index contributed by atoms with van der Waals surface area (Å²) in [6.45, 7) is 2.98. The van der Waals surface area contributed by atoms with Crippen molar-refractivity contribution < 1.29 is 23.4 Å². The molecule has 3 rings (SSSR count). The number of carbonyl (C=O) groups is 1. The molecule has 0 unspecified atom stereocenters. The summed E-state index contributed by atoms with van der Waals surface area (Å²) >= 11 is 0. The molecule has 4 nitrogen and oxygen atoms in total. The van der Waals surface area contributed by atoms with Gasteiger partial charge in [-0.2, -0.15) is 0 Å². The maximum Gasteiger partial charge on any atom is 0.303 e. The van der Waals surface area contributed by atoms with E-state index in [2.05, 4.69) is 5.32 Å². The van der Waals surface area contributed by atoms with Crippen LogP contribution in [-0.4, -0.2) is 24.2 Å². The highest BCUT2D eigenvalue weighted by atomic mass is 19.1. The third-order valence-corrected chi connectivity index (χ3v) is 5.42. The van der Waals surface area contributed by atoms with E-state index in [0.717, 1.165) is 11.1 Å². The van der Waals surface area contributed by atoms with E-state index in [0.29, 0.717) is 36.8 Å². The van der Waals surface area contributed by atoms with Crippen LogP contribution in [0.2, 0.25) is 0 Å². The van der Waals surface area contributed by atoms with E-state index in [9.17, 15) is 13.6 Å². The second kappa shape index (κ2) is 9.83. The molecule has 1 fully saturated rings. The van der Waals surface area contributed by atoms with Gasteiger partial charge in [-0.15, -0.1) is 0 Å². The van der Waals surface area contributed by atoms with Gasteiger partial charge in [0.15, 0.2) is 0 Å². The molecule has 0 radical (unpaired) electrons. The standard InChI is InChI=1S/C23H27F2NO3/c1-15-7-8-18(29-14-16-4-2-5-16)12-19(15)17-10-21(24)20(22(25)11-17)13-26-9-3-6-23(27)28/h7-8,10-12,16,26H,2-6,9,13-14H2,1H3,(H,27,28). The van der Waals surface area contributed by atoms with E-state index in [-0.39, 0.29) is 18.5 Å². The van der Waals surface area contributed by atoms with Gasteiger partial charge in [0.2, 0.25) is 0 Å². The molecule has 29 heavy (non-hydrogen) atoms. The van der Waals surface area contributed by atoms with Crippen LogP contribution in [0.1, 0.15) is 43.2 Å². The number of ether oxygens (including phenoxy) is 1. The van der Waals surface area contributed by atoms with Gasteiger partial charge in [0, 0.05) is 18.5 Å². The minimum Gasteiger partial charge on any atom is -0.493 e. The van der Waals surface area contributed by atoms with Crippen LogP contribution in [0.15, 0.2) is 30.3 Å². The molecule has 0 atom stereocenters. The molecule has 2 N–H and O–H groups in total. The van der Waals surface area contributed by atoms with Gasteiger partial charge in [-0.1, -0.05) is 12.5 Å². The van der Waals surface area contributed by atoms with Crippen LogP contribution in [-0.2, 0) is 11.3 Å². The lowest BCUT2D eigenvalue weighted by Crippen LogP contribution is -2.19. The van der Waals surface area contributed by atoms with E-state index in [4.69, 9.17) is 9.84 Å². The van der Waals surface area contributed by atoms with E-state index < -0.39 is 17.6 Å². The molecule has 1 aliphatic carbocycles. The van der Waals surface area contributed by atoms with Gasteiger partial charge in [0.25, 0.3) is 0 Å². The molecule has 2 aromatic carbocycles. The molecule has 0 heterocycles. The number of carboxylic acids is 1. The lowest BCUT2D eigenvalue weighted by atomic mass is 9.86. The first-order valence-corrected chi connectivity index (χ1v) is 10.1. The SMILES string of the molecule is Cc1ccc(OCC2CCC2)cc1-c1cc(F)c(CNCCCC(=O)O)c(F)c1. The predicted octanol–water partition coefficient (Wildman–Crippen LogP) is 5.07. The number of hydrogen-bond acceptors (Lipinski definition) is 3. The number of benzene rings is 2. The molecule has 2 aromatic rings. The zero-order chi connectivity index (χ0) is 20.8. The maximum atomic E-state index is 14.6. The normalized spacial score (nSPS) is 13.9. The molecule has 0 saturated heterocycles. The first kappa shape index (κ1) is 21.2. The third-order valence-electron chi connectivity index (χ3n) is 5.42. The molecule has 0 spiro atoms. The fourth-order valence-electron chi connectivity index (χ4n) is 3.38. The Morgan fingerprint density at radius 1 is 1.21 bits per heavy atom. The Morgan fingerprint density at radius 2 is 1.93 bits per heavy atom. The number of nitrogens with one attached hydrogen (secondary N) is 1. The maximum absolute atomic E-state index is 14.6. The summed E-state index contributed by atoms with van der Waals surface area (Å²) < 4.78 is 35.0. The van der Waals surface area contributed by atoms with Crippen LogP contribution in [0.3, 0.4) is 0 Å². The van der Waals surface area contributed by atoms with Crippen LogP contribution in [0.5, 0.6) is 5.75 Å². The summed E-state index contributed by atoms with van der Waals surface area (Å²) in [4.78, 5) is 10.5. The van der Waals surface area contributed by atoms with Gasteiger partial charge >= 0.3 is 5.97 Å². The van der Waals surface area contributed by atoms with E-state index >= 15 is 0 Å². The fourth-order valence-corrected chi connectivity index (χ4v) is 3.38. The highest BCUT2D eigenvalue weighted by molar-refractivity contribution is 5.69. The molecule has 0 aliphatic heterocycles.